The van der Waals surface area contributed by atoms with Gasteiger partial charge in [-0.3, -0.25) is 4.79 Å². The van der Waals surface area contributed by atoms with Gasteiger partial charge in [-0.1, -0.05) is 24.3 Å². The molecular formula is C20H23NO4. The van der Waals surface area contributed by atoms with Crippen LogP contribution >= 0.6 is 0 Å². The lowest BCUT2D eigenvalue weighted by molar-refractivity contribution is 0.00984. The molecule has 0 radical (unpaired) electrons. The topological polar surface area (TPSA) is 48.0 Å². The summed E-state index contributed by atoms with van der Waals surface area (Å²) in [4.78, 5) is 14.4. The average Bonchev–Trinajstić information content (AvgIpc) is 2.66. The number of fused-ring (bicyclic) bond motifs is 1. The molecule has 1 unspecified atom stereocenters. The molecule has 1 aliphatic heterocycles. The van der Waals surface area contributed by atoms with E-state index in [0.29, 0.717) is 30.2 Å². The minimum atomic E-state index is -0.0663. The molecule has 2 aromatic carbocycles. The van der Waals surface area contributed by atoms with E-state index >= 15 is 0 Å². The number of rotatable bonds is 5. The zero-order valence-electron chi connectivity index (χ0n) is 14.8. The molecule has 2 aromatic rings. The predicted molar refractivity (Wildman–Crippen MR) is 95.2 cm³/mol. The zero-order valence-corrected chi connectivity index (χ0v) is 14.8. The zero-order chi connectivity index (χ0) is 17.8. The van der Waals surface area contributed by atoms with Crippen LogP contribution in [0.2, 0.25) is 0 Å². The van der Waals surface area contributed by atoms with Crippen LogP contribution in [0.4, 0.5) is 0 Å². The maximum atomic E-state index is 12.7. The number of amides is 1. The third-order valence-corrected chi connectivity index (χ3v) is 4.50. The lowest BCUT2D eigenvalue weighted by Gasteiger charge is -2.29. The van der Waals surface area contributed by atoms with E-state index in [1.807, 2.05) is 12.1 Å². The monoisotopic (exact) mass is 341 g/mol. The number of benzene rings is 2. The van der Waals surface area contributed by atoms with Gasteiger partial charge in [0, 0.05) is 25.6 Å². The van der Waals surface area contributed by atoms with Crippen LogP contribution < -0.4 is 9.47 Å². The number of hydrogen-bond acceptors (Lipinski definition) is 4. The smallest absolute Gasteiger partial charge is 0.253 e. The predicted octanol–water partition coefficient (Wildman–Crippen LogP) is 2.92. The summed E-state index contributed by atoms with van der Waals surface area (Å²) in [7, 11) is 4.93. The molecule has 5 heteroatoms. The summed E-state index contributed by atoms with van der Waals surface area (Å²) in [5, 5.41) is 0. The van der Waals surface area contributed by atoms with Gasteiger partial charge in [0.1, 0.15) is 0 Å². The highest BCUT2D eigenvalue weighted by molar-refractivity contribution is 5.94. The first-order valence-corrected chi connectivity index (χ1v) is 8.28. The Kier molecular flexibility index (Phi) is 5.24. The minimum absolute atomic E-state index is 0.00370. The molecule has 0 fully saturated rings. The van der Waals surface area contributed by atoms with Crippen LogP contribution in [-0.4, -0.2) is 44.7 Å². The number of carbonyl (C=O) groups excluding carboxylic acids is 1. The SMILES string of the molecule is COc1ccc(C(=O)N(C)CC2Cc3ccccc3CO2)cc1OC. The highest BCUT2D eigenvalue weighted by atomic mass is 16.5. The summed E-state index contributed by atoms with van der Waals surface area (Å²) < 4.78 is 16.4. The first-order chi connectivity index (χ1) is 12.1. The van der Waals surface area contributed by atoms with E-state index in [1.54, 1.807) is 44.4 Å². The average molecular weight is 341 g/mol. The summed E-state index contributed by atoms with van der Waals surface area (Å²) in [5.41, 5.74) is 3.09. The van der Waals surface area contributed by atoms with Crippen LogP contribution in [0.25, 0.3) is 0 Å². The van der Waals surface area contributed by atoms with E-state index in [1.165, 1.54) is 11.1 Å². The Morgan fingerprint density at radius 2 is 1.84 bits per heavy atom. The fourth-order valence-corrected chi connectivity index (χ4v) is 3.10. The Labute approximate surface area is 148 Å². The van der Waals surface area contributed by atoms with Gasteiger partial charge < -0.3 is 19.1 Å². The van der Waals surface area contributed by atoms with Gasteiger partial charge in [0.05, 0.1) is 26.9 Å². The van der Waals surface area contributed by atoms with Crippen molar-refractivity contribution in [1.29, 1.82) is 0 Å². The molecule has 1 amide bonds. The lowest BCUT2D eigenvalue weighted by atomic mass is 9.99. The molecule has 0 saturated carbocycles. The Morgan fingerprint density at radius 3 is 2.56 bits per heavy atom. The lowest BCUT2D eigenvalue weighted by Crippen LogP contribution is -2.38. The molecule has 0 bridgehead atoms. The number of methoxy groups -OCH3 is 2. The van der Waals surface area contributed by atoms with E-state index in [4.69, 9.17) is 14.2 Å². The molecule has 0 N–H and O–H groups in total. The van der Waals surface area contributed by atoms with E-state index in [-0.39, 0.29) is 12.0 Å². The Balaban J connectivity index is 1.67. The fraction of sp³-hybridized carbons (Fsp3) is 0.350. The van der Waals surface area contributed by atoms with Gasteiger partial charge in [0.25, 0.3) is 5.91 Å². The van der Waals surface area contributed by atoms with Crippen molar-refractivity contribution in [3.8, 4) is 11.5 Å². The summed E-state index contributed by atoms with van der Waals surface area (Å²) >= 11 is 0. The molecular weight excluding hydrogens is 318 g/mol. The minimum Gasteiger partial charge on any atom is -0.493 e. The highest BCUT2D eigenvalue weighted by Crippen LogP contribution is 2.28. The summed E-state index contributed by atoms with van der Waals surface area (Å²) in [6, 6.07) is 13.5. The van der Waals surface area contributed by atoms with Crippen molar-refractivity contribution in [3.05, 3.63) is 59.2 Å². The van der Waals surface area contributed by atoms with E-state index in [9.17, 15) is 4.79 Å². The highest BCUT2D eigenvalue weighted by Gasteiger charge is 2.23. The van der Waals surface area contributed by atoms with E-state index < -0.39 is 0 Å². The van der Waals surface area contributed by atoms with Crippen molar-refractivity contribution >= 4 is 5.91 Å². The molecule has 3 rings (SSSR count). The molecule has 1 atom stereocenters. The van der Waals surface area contributed by atoms with Gasteiger partial charge in [-0.2, -0.15) is 0 Å². The second-order valence-electron chi connectivity index (χ2n) is 6.16. The largest absolute Gasteiger partial charge is 0.493 e. The first-order valence-electron chi connectivity index (χ1n) is 8.28. The second kappa shape index (κ2) is 7.57. The maximum Gasteiger partial charge on any atom is 0.253 e. The molecule has 0 aromatic heterocycles. The molecule has 0 spiro atoms. The van der Waals surface area contributed by atoms with Crippen LogP contribution in [0, 0.1) is 0 Å². The van der Waals surface area contributed by atoms with Crippen LogP contribution in [0.1, 0.15) is 21.5 Å². The fourth-order valence-electron chi connectivity index (χ4n) is 3.10. The maximum absolute atomic E-state index is 12.7. The number of nitrogens with zero attached hydrogens (tertiary/aromatic N) is 1. The summed E-state index contributed by atoms with van der Waals surface area (Å²) in [6.45, 7) is 1.14. The second-order valence-corrected chi connectivity index (χ2v) is 6.16. The quantitative estimate of drug-likeness (QED) is 0.839. The molecule has 132 valence electrons. The standard InChI is InChI=1S/C20H23NO4/c1-21(12-17-10-14-6-4-5-7-16(14)13-25-17)20(22)15-8-9-18(23-2)19(11-15)24-3/h4-9,11,17H,10,12-13H2,1-3H3. The Morgan fingerprint density at radius 1 is 1.12 bits per heavy atom. The number of likely N-dealkylation sites (N-methyl/N-ethyl adjacent to an activating group) is 1. The van der Waals surface area contributed by atoms with Gasteiger partial charge in [-0.25, -0.2) is 0 Å². The normalized spacial score (nSPS) is 16.0. The number of hydrogen-bond donors (Lipinski definition) is 0. The van der Waals surface area contributed by atoms with Crippen molar-refractivity contribution < 1.29 is 19.0 Å². The Hall–Kier alpha value is -2.53. The molecule has 0 saturated heterocycles. The van der Waals surface area contributed by atoms with E-state index in [0.717, 1.165) is 6.42 Å². The van der Waals surface area contributed by atoms with Crippen molar-refractivity contribution in [2.75, 3.05) is 27.8 Å². The number of carbonyl (C=O) groups is 1. The summed E-state index contributed by atoms with van der Waals surface area (Å²) in [5.74, 6) is 1.09. The molecule has 5 nitrogen and oxygen atoms in total. The van der Waals surface area contributed by atoms with Crippen molar-refractivity contribution in [1.82, 2.24) is 4.90 Å². The van der Waals surface area contributed by atoms with Gasteiger partial charge in [0.2, 0.25) is 0 Å². The molecule has 25 heavy (non-hydrogen) atoms. The van der Waals surface area contributed by atoms with Gasteiger partial charge in [-0.05, 0) is 29.3 Å². The van der Waals surface area contributed by atoms with Gasteiger partial charge in [-0.15, -0.1) is 0 Å². The van der Waals surface area contributed by atoms with Gasteiger partial charge in [0.15, 0.2) is 11.5 Å². The molecule has 1 heterocycles. The van der Waals surface area contributed by atoms with Crippen LogP contribution in [0.3, 0.4) is 0 Å². The third kappa shape index (κ3) is 3.77. The van der Waals surface area contributed by atoms with Crippen LogP contribution in [-0.2, 0) is 17.8 Å². The van der Waals surface area contributed by atoms with Crippen molar-refractivity contribution in [2.45, 2.75) is 19.1 Å². The summed E-state index contributed by atoms with van der Waals surface area (Å²) in [6.07, 6.45) is 0.823. The molecule has 0 aliphatic carbocycles. The first kappa shape index (κ1) is 17.3. The third-order valence-electron chi connectivity index (χ3n) is 4.50. The van der Waals surface area contributed by atoms with Crippen LogP contribution in [0.5, 0.6) is 11.5 Å². The van der Waals surface area contributed by atoms with E-state index in [2.05, 4.69) is 12.1 Å². The van der Waals surface area contributed by atoms with Crippen LogP contribution in [0.15, 0.2) is 42.5 Å². The number of ether oxygens (including phenoxy) is 3. The van der Waals surface area contributed by atoms with Crippen molar-refractivity contribution in [3.63, 3.8) is 0 Å². The Bertz CT molecular complexity index is 759. The van der Waals surface area contributed by atoms with Gasteiger partial charge >= 0.3 is 0 Å². The van der Waals surface area contributed by atoms with Crippen molar-refractivity contribution in [2.24, 2.45) is 0 Å². The molecule has 1 aliphatic rings.